The summed E-state index contributed by atoms with van der Waals surface area (Å²) in [5.41, 5.74) is 0.468. The summed E-state index contributed by atoms with van der Waals surface area (Å²) in [6.45, 7) is 5.69. The second-order valence-electron chi connectivity index (χ2n) is 7.02. The third-order valence-electron chi connectivity index (χ3n) is 3.65. The predicted molar refractivity (Wildman–Crippen MR) is 109 cm³/mol. The van der Waals surface area contributed by atoms with Gasteiger partial charge >= 0.3 is 6.09 Å². The van der Waals surface area contributed by atoms with Crippen LogP contribution in [0.1, 0.15) is 36.7 Å². The molecular formula is C21H22ClN3O3. The zero-order valence-electron chi connectivity index (χ0n) is 16.0. The first-order valence-corrected chi connectivity index (χ1v) is 9.12. The van der Waals surface area contributed by atoms with Gasteiger partial charge in [-0.05, 0) is 51.1 Å². The van der Waals surface area contributed by atoms with Crippen LogP contribution in [0.15, 0.2) is 48.5 Å². The molecule has 146 valence electrons. The van der Waals surface area contributed by atoms with Crippen LogP contribution in [0.2, 0.25) is 5.02 Å². The van der Waals surface area contributed by atoms with Crippen LogP contribution in [-0.4, -0.2) is 30.7 Å². The Labute approximate surface area is 169 Å². The van der Waals surface area contributed by atoms with Crippen molar-refractivity contribution in [3.8, 4) is 6.07 Å². The summed E-state index contributed by atoms with van der Waals surface area (Å²) >= 11 is 6.02. The summed E-state index contributed by atoms with van der Waals surface area (Å²) in [6, 6.07) is 15.6. The Kier molecular flexibility index (Phi) is 7.02. The van der Waals surface area contributed by atoms with Gasteiger partial charge in [0.1, 0.15) is 5.60 Å². The van der Waals surface area contributed by atoms with Gasteiger partial charge in [-0.25, -0.2) is 4.79 Å². The maximum atomic E-state index is 13.2. The lowest BCUT2D eigenvalue weighted by Crippen LogP contribution is -2.40. The standard InChI is InChI=1S/C21H22ClN3O3/c1-21(2,3)28-20(27)24-11-12-25(17-7-5-4-6-8-17)19(26)18-13-16(22)10-9-15(18)14-23/h4-10,13H,11-12H2,1-3H3,(H,24,27). The van der Waals surface area contributed by atoms with Gasteiger partial charge in [-0.15, -0.1) is 0 Å². The van der Waals surface area contributed by atoms with E-state index in [-0.39, 0.29) is 30.1 Å². The van der Waals surface area contributed by atoms with Gasteiger partial charge < -0.3 is 15.0 Å². The van der Waals surface area contributed by atoms with Crippen LogP contribution in [-0.2, 0) is 4.74 Å². The van der Waals surface area contributed by atoms with Crippen LogP contribution in [0, 0.1) is 11.3 Å². The molecule has 0 saturated carbocycles. The van der Waals surface area contributed by atoms with E-state index < -0.39 is 11.7 Å². The number of benzene rings is 2. The number of nitrogens with one attached hydrogen (secondary N) is 1. The molecule has 7 heteroatoms. The molecule has 0 heterocycles. The number of carbonyl (C=O) groups is 2. The van der Waals surface area contributed by atoms with Gasteiger partial charge in [0.2, 0.25) is 0 Å². The Morgan fingerprint density at radius 2 is 1.86 bits per heavy atom. The zero-order chi connectivity index (χ0) is 20.7. The number of ether oxygens (including phenoxy) is 1. The maximum absolute atomic E-state index is 13.2. The van der Waals surface area contributed by atoms with Crippen LogP contribution < -0.4 is 10.2 Å². The number of carbonyl (C=O) groups excluding carboxylic acids is 2. The summed E-state index contributed by atoms with van der Waals surface area (Å²) in [5.74, 6) is -0.378. The molecule has 0 aromatic heterocycles. The van der Waals surface area contributed by atoms with Gasteiger partial charge in [-0.3, -0.25) is 4.79 Å². The smallest absolute Gasteiger partial charge is 0.407 e. The molecule has 2 aromatic carbocycles. The average Bonchev–Trinajstić information content (AvgIpc) is 2.64. The fourth-order valence-electron chi connectivity index (χ4n) is 2.48. The molecule has 0 fully saturated rings. The summed E-state index contributed by atoms with van der Waals surface area (Å²) in [4.78, 5) is 26.5. The van der Waals surface area contributed by atoms with E-state index in [0.29, 0.717) is 10.7 Å². The van der Waals surface area contributed by atoms with Crippen molar-refractivity contribution in [2.24, 2.45) is 0 Å². The van der Waals surface area contributed by atoms with Gasteiger partial charge in [-0.2, -0.15) is 5.26 Å². The lowest BCUT2D eigenvalue weighted by atomic mass is 10.1. The normalized spacial score (nSPS) is 10.7. The minimum absolute atomic E-state index is 0.179. The summed E-state index contributed by atoms with van der Waals surface area (Å²) in [5, 5.41) is 12.3. The highest BCUT2D eigenvalue weighted by Crippen LogP contribution is 2.21. The fourth-order valence-corrected chi connectivity index (χ4v) is 2.65. The number of amides is 2. The van der Waals surface area contributed by atoms with Crippen LogP contribution in [0.4, 0.5) is 10.5 Å². The van der Waals surface area contributed by atoms with Crippen molar-refractivity contribution >= 4 is 29.3 Å². The summed E-state index contributed by atoms with van der Waals surface area (Å²) in [7, 11) is 0. The van der Waals surface area contributed by atoms with E-state index in [4.69, 9.17) is 16.3 Å². The van der Waals surface area contributed by atoms with Crippen molar-refractivity contribution in [3.63, 3.8) is 0 Å². The minimum Gasteiger partial charge on any atom is -0.444 e. The number of para-hydroxylation sites is 1. The van der Waals surface area contributed by atoms with Gasteiger partial charge in [0.15, 0.2) is 0 Å². The van der Waals surface area contributed by atoms with Crippen molar-refractivity contribution in [1.29, 1.82) is 5.26 Å². The van der Waals surface area contributed by atoms with Crippen LogP contribution in [0.3, 0.4) is 0 Å². The molecule has 0 atom stereocenters. The molecular weight excluding hydrogens is 378 g/mol. The number of alkyl carbamates (subject to hydrolysis) is 1. The molecule has 0 aliphatic heterocycles. The zero-order valence-corrected chi connectivity index (χ0v) is 16.8. The van der Waals surface area contributed by atoms with E-state index >= 15 is 0 Å². The van der Waals surface area contributed by atoms with Crippen molar-refractivity contribution in [2.75, 3.05) is 18.0 Å². The minimum atomic E-state index is -0.610. The molecule has 1 N–H and O–H groups in total. The van der Waals surface area contributed by atoms with E-state index in [1.165, 1.54) is 17.0 Å². The van der Waals surface area contributed by atoms with Crippen LogP contribution in [0.25, 0.3) is 0 Å². The van der Waals surface area contributed by atoms with Crippen LogP contribution >= 0.6 is 11.6 Å². The third-order valence-corrected chi connectivity index (χ3v) is 3.88. The molecule has 2 amide bonds. The monoisotopic (exact) mass is 399 g/mol. The van der Waals surface area contributed by atoms with E-state index in [9.17, 15) is 14.9 Å². The second kappa shape index (κ2) is 9.25. The highest BCUT2D eigenvalue weighted by atomic mass is 35.5. The van der Waals surface area contributed by atoms with E-state index in [2.05, 4.69) is 5.32 Å². The Morgan fingerprint density at radius 3 is 2.46 bits per heavy atom. The molecule has 0 spiro atoms. The molecule has 0 saturated heterocycles. The van der Waals surface area contributed by atoms with Gasteiger partial charge in [-0.1, -0.05) is 29.8 Å². The number of nitriles is 1. The fraction of sp³-hybridized carbons (Fsp3) is 0.286. The third kappa shape index (κ3) is 6.00. The number of hydrogen-bond donors (Lipinski definition) is 1. The number of halogens is 1. The van der Waals surface area contributed by atoms with Crippen molar-refractivity contribution in [1.82, 2.24) is 5.32 Å². The lowest BCUT2D eigenvalue weighted by Gasteiger charge is -2.24. The van der Waals surface area contributed by atoms with E-state index in [1.807, 2.05) is 12.1 Å². The van der Waals surface area contributed by atoms with Crippen molar-refractivity contribution < 1.29 is 14.3 Å². The topological polar surface area (TPSA) is 82.4 Å². The second-order valence-corrected chi connectivity index (χ2v) is 7.46. The summed E-state index contributed by atoms with van der Waals surface area (Å²) in [6.07, 6.45) is -0.562. The Bertz CT molecular complexity index is 886. The Morgan fingerprint density at radius 1 is 1.18 bits per heavy atom. The molecule has 0 unspecified atom stereocenters. The van der Waals surface area contributed by atoms with Crippen molar-refractivity contribution in [2.45, 2.75) is 26.4 Å². The lowest BCUT2D eigenvalue weighted by molar-refractivity contribution is 0.0528. The SMILES string of the molecule is CC(C)(C)OC(=O)NCCN(C(=O)c1cc(Cl)ccc1C#N)c1ccccc1. The highest BCUT2D eigenvalue weighted by Gasteiger charge is 2.22. The molecule has 2 aromatic rings. The highest BCUT2D eigenvalue weighted by molar-refractivity contribution is 6.31. The molecule has 0 aliphatic carbocycles. The first-order chi connectivity index (χ1) is 13.2. The number of nitrogens with zero attached hydrogens (tertiary/aromatic N) is 2. The number of hydrogen-bond acceptors (Lipinski definition) is 4. The first kappa shape index (κ1) is 21.3. The number of anilines is 1. The maximum Gasteiger partial charge on any atom is 0.407 e. The molecule has 0 bridgehead atoms. The first-order valence-electron chi connectivity index (χ1n) is 8.74. The molecule has 28 heavy (non-hydrogen) atoms. The molecule has 6 nitrogen and oxygen atoms in total. The van der Waals surface area contributed by atoms with Gasteiger partial charge in [0.05, 0.1) is 17.2 Å². The summed E-state index contributed by atoms with van der Waals surface area (Å²) < 4.78 is 5.21. The number of rotatable bonds is 5. The van der Waals surface area contributed by atoms with Crippen molar-refractivity contribution in [3.05, 3.63) is 64.7 Å². The Balaban J connectivity index is 2.22. The Hall–Kier alpha value is -3.04. The molecule has 2 rings (SSSR count). The van der Waals surface area contributed by atoms with E-state index in [0.717, 1.165) is 0 Å². The van der Waals surface area contributed by atoms with E-state index in [1.54, 1.807) is 51.1 Å². The van der Waals surface area contributed by atoms with Gasteiger partial charge in [0.25, 0.3) is 5.91 Å². The average molecular weight is 400 g/mol. The predicted octanol–water partition coefficient (Wildman–Crippen LogP) is 4.38. The molecule has 0 aliphatic rings. The molecule has 0 radical (unpaired) electrons. The largest absolute Gasteiger partial charge is 0.444 e. The van der Waals surface area contributed by atoms with Gasteiger partial charge in [0, 0.05) is 23.8 Å². The van der Waals surface area contributed by atoms with Crippen LogP contribution in [0.5, 0.6) is 0 Å². The quantitative estimate of drug-likeness (QED) is 0.808.